The van der Waals surface area contributed by atoms with Crippen molar-refractivity contribution in [2.24, 2.45) is 0 Å². The van der Waals surface area contributed by atoms with Crippen LogP contribution in [-0.2, 0) is 4.79 Å². The summed E-state index contributed by atoms with van der Waals surface area (Å²) >= 11 is 0. The van der Waals surface area contributed by atoms with Gasteiger partial charge >= 0.3 is 0 Å². The van der Waals surface area contributed by atoms with Crippen molar-refractivity contribution >= 4 is 5.91 Å². The monoisotopic (exact) mass is 200 g/mol. The zero-order valence-electron chi connectivity index (χ0n) is 8.55. The van der Waals surface area contributed by atoms with Crippen LogP contribution in [0.5, 0.6) is 0 Å². The lowest BCUT2D eigenvalue weighted by Crippen LogP contribution is -2.47. The Kier molecular flexibility index (Phi) is 2.47. The van der Waals surface area contributed by atoms with E-state index in [1.165, 1.54) is 0 Å². The van der Waals surface area contributed by atoms with E-state index in [1.54, 1.807) is 11.9 Å². The minimum atomic E-state index is -1.03. The number of halogens is 1. The number of carbonyl (C=O) groups excluding carboxylic acids is 1. The standard InChI is InChI=1S/C10H17FN2O/c1-13-6-3-8(9(13)14)12-7-10(11)4-2-5-10/h8,12H,2-7H2,1H3. The summed E-state index contributed by atoms with van der Waals surface area (Å²) in [5.41, 5.74) is -1.03. The zero-order chi connectivity index (χ0) is 10.2. The third-order valence-corrected chi connectivity index (χ3v) is 3.34. The fourth-order valence-corrected chi connectivity index (χ4v) is 2.06. The van der Waals surface area contributed by atoms with Crippen LogP contribution in [0.4, 0.5) is 4.39 Å². The Morgan fingerprint density at radius 3 is 2.79 bits per heavy atom. The van der Waals surface area contributed by atoms with Crippen LogP contribution >= 0.6 is 0 Å². The number of likely N-dealkylation sites (tertiary alicyclic amines) is 1. The molecule has 1 amide bonds. The van der Waals surface area contributed by atoms with Crippen molar-refractivity contribution in [3.8, 4) is 0 Å². The number of rotatable bonds is 3. The van der Waals surface area contributed by atoms with Gasteiger partial charge < -0.3 is 10.2 Å². The van der Waals surface area contributed by atoms with Crippen molar-refractivity contribution in [3.63, 3.8) is 0 Å². The molecule has 2 fully saturated rings. The number of likely N-dealkylation sites (N-methyl/N-ethyl adjacent to an activating group) is 1. The highest BCUT2D eigenvalue weighted by Crippen LogP contribution is 2.35. The maximum absolute atomic E-state index is 13.6. The molecule has 1 heterocycles. The van der Waals surface area contributed by atoms with E-state index >= 15 is 0 Å². The molecule has 14 heavy (non-hydrogen) atoms. The fraction of sp³-hybridized carbons (Fsp3) is 0.900. The van der Waals surface area contributed by atoms with Crippen LogP contribution in [-0.4, -0.2) is 42.7 Å². The van der Waals surface area contributed by atoms with Crippen molar-refractivity contribution in [1.82, 2.24) is 10.2 Å². The van der Waals surface area contributed by atoms with E-state index < -0.39 is 5.67 Å². The molecular formula is C10H17FN2O. The van der Waals surface area contributed by atoms with Crippen LogP contribution in [0.1, 0.15) is 25.7 Å². The molecule has 0 aromatic heterocycles. The number of alkyl halides is 1. The van der Waals surface area contributed by atoms with Gasteiger partial charge in [0.05, 0.1) is 6.04 Å². The summed E-state index contributed by atoms with van der Waals surface area (Å²) in [6, 6.07) is -0.145. The lowest BCUT2D eigenvalue weighted by Gasteiger charge is -2.34. The summed E-state index contributed by atoms with van der Waals surface area (Å²) in [5, 5.41) is 3.04. The number of hydrogen-bond donors (Lipinski definition) is 1. The van der Waals surface area contributed by atoms with Crippen LogP contribution in [0.15, 0.2) is 0 Å². The van der Waals surface area contributed by atoms with Crippen molar-refractivity contribution in [2.45, 2.75) is 37.4 Å². The topological polar surface area (TPSA) is 32.3 Å². The summed E-state index contributed by atoms with van der Waals surface area (Å²) in [4.78, 5) is 13.2. The lowest BCUT2D eigenvalue weighted by atomic mass is 9.82. The van der Waals surface area contributed by atoms with E-state index in [-0.39, 0.29) is 11.9 Å². The predicted molar refractivity (Wildman–Crippen MR) is 51.7 cm³/mol. The number of carbonyl (C=O) groups is 1. The maximum atomic E-state index is 13.6. The minimum Gasteiger partial charge on any atom is -0.344 e. The molecule has 1 saturated carbocycles. The van der Waals surface area contributed by atoms with Gasteiger partial charge in [0.15, 0.2) is 0 Å². The molecule has 1 aliphatic heterocycles. The number of nitrogens with one attached hydrogen (secondary N) is 1. The second-order valence-electron chi connectivity index (χ2n) is 4.49. The van der Waals surface area contributed by atoms with Crippen molar-refractivity contribution in [2.75, 3.05) is 20.1 Å². The second kappa shape index (κ2) is 3.50. The van der Waals surface area contributed by atoms with Gasteiger partial charge in [0.2, 0.25) is 5.91 Å². The highest BCUT2D eigenvalue weighted by atomic mass is 19.1. The van der Waals surface area contributed by atoms with Gasteiger partial charge in [-0.1, -0.05) is 0 Å². The molecular weight excluding hydrogens is 183 g/mol. The highest BCUT2D eigenvalue weighted by Gasteiger charge is 2.38. The van der Waals surface area contributed by atoms with Crippen molar-refractivity contribution < 1.29 is 9.18 Å². The van der Waals surface area contributed by atoms with Crippen LogP contribution in [0.3, 0.4) is 0 Å². The Morgan fingerprint density at radius 2 is 2.36 bits per heavy atom. The van der Waals surface area contributed by atoms with Gasteiger partial charge in [-0.3, -0.25) is 4.79 Å². The normalized spacial score (nSPS) is 30.6. The molecule has 1 atom stereocenters. The maximum Gasteiger partial charge on any atom is 0.239 e. The highest BCUT2D eigenvalue weighted by molar-refractivity contribution is 5.83. The zero-order valence-corrected chi connectivity index (χ0v) is 8.55. The first-order chi connectivity index (χ1) is 6.61. The smallest absolute Gasteiger partial charge is 0.239 e. The molecule has 1 saturated heterocycles. The molecule has 2 rings (SSSR count). The summed E-state index contributed by atoms with van der Waals surface area (Å²) in [6.45, 7) is 1.13. The fourth-order valence-electron chi connectivity index (χ4n) is 2.06. The lowest BCUT2D eigenvalue weighted by molar-refractivity contribution is -0.128. The molecule has 3 nitrogen and oxygen atoms in total. The molecule has 2 aliphatic rings. The first kappa shape index (κ1) is 9.90. The largest absolute Gasteiger partial charge is 0.344 e. The van der Waals surface area contributed by atoms with E-state index in [2.05, 4.69) is 5.32 Å². The summed E-state index contributed by atoms with van der Waals surface area (Å²) in [6.07, 6.45) is 3.09. The van der Waals surface area contributed by atoms with Gasteiger partial charge in [-0.05, 0) is 25.7 Å². The van der Waals surface area contributed by atoms with Gasteiger partial charge in [0.1, 0.15) is 5.67 Å². The van der Waals surface area contributed by atoms with Gasteiger partial charge in [-0.2, -0.15) is 0 Å². The van der Waals surface area contributed by atoms with Crippen LogP contribution < -0.4 is 5.32 Å². The van der Waals surface area contributed by atoms with Gasteiger partial charge in [-0.15, -0.1) is 0 Å². The predicted octanol–water partition coefficient (Wildman–Crippen LogP) is 0.699. The second-order valence-corrected chi connectivity index (χ2v) is 4.49. The van der Waals surface area contributed by atoms with E-state index in [4.69, 9.17) is 0 Å². The molecule has 1 unspecified atom stereocenters. The molecule has 1 N–H and O–H groups in total. The Morgan fingerprint density at radius 1 is 1.64 bits per heavy atom. The van der Waals surface area contributed by atoms with E-state index in [1.807, 2.05) is 0 Å². The molecule has 0 spiro atoms. The average molecular weight is 200 g/mol. The Balaban J connectivity index is 1.78. The third-order valence-electron chi connectivity index (χ3n) is 3.34. The Labute approximate surface area is 83.6 Å². The van der Waals surface area contributed by atoms with Crippen LogP contribution in [0, 0.1) is 0 Å². The van der Waals surface area contributed by atoms with E-state index in [0.717, 1.165) is 19.4 Å². The van der Waals surface area contributed by atoms with Gasteiger partial charge in [0, 0.05) is 20.1 Å². The molecule has 0 aromatic carbocycles. The third kappa shape index (κ3) is 1.75. The van der Waals surface area contributed by atoms with Crippen LogP contribution in [0.2, 0.25) is 0 Å². The van der Waals surface area contributed by atoms with Crippen LogP contribution in [0.25, 0.3) is 0 Å². The average Bonchev–Trinajstić information content (AvgIpc) is 2.42. The first-order valence-electron chi connectivity index (χ1n) is 5.28. The van der Waals surface area contributed by atoms with Crippen molar-refractivity contribution in [3.05, 3.63) is 0 Å². The van der Waals surface area contributed by atoms with E-state index in [9.17, 15) is 9.18 Å². The SMILES string of the molecule is CN1CCC(NCC2(F)CCC2)C1=O. The first-order valence-corrected chi connectivity index (χ1v) is 5.28. The van der Waals surface area contributed by atoms with Gasteiger partial charge in [0.25, 0.3) is 0 Å². The molecule has 1 aliphatic carbocycles. The number of amides is 1. The summed E-state index contributed by atoms with van der Waals surface area (Å²) in [5.74, 6) is 0.105. The van der Waals surface area contributed by atoms with Gasteiger partial charge in [-0.25, -0.2) is 4.39 Å². The van der Waals surface area contributed by atoms with Crippen molar-refractivity contribution in [1.29, 1.82) is 0 Å². The molecule has 80 valence electrons. The summed E-state index contributed by atoms with van der Waals surface area (Å²) < 4.78 is 13.6. The van der Waals surface area contributed by atoms with E-state index in [0.29, 0.717) is 19.4 Å². The quantitative estimate of drug-likeness (QED) is 0.727. The Bertz CT molecular complexity index is 240. The molecule has 0 aromatic rings. The number of nitrogens with zero attached hydrogens (tertiary/aromatic N) is 1. The Hall–Kier alpha value is -0.640. The molecule has 0 bridgehead atoms. The summed E-state index contributed by atoms with van der Waals surface area (Å²) in [7, 11) is 1.79. The molecule has 0 radical (unpaired) electrons. The minimum absolute atomic E-state index is 0.105. The number of hydrogen-bond acceptors (Lipinski definition) is 2. The molecule has 4 heteroatoms.